The molecule has 3 rings (SSSR count). The highest BCUT2D eigenvalue weighted by atomic mass is 32.2. The van der Waals surface area contributed by atoms with Crippen LogP contribution in [0.5, 0.6) is 5.75 Å². The number of carbonyl (C=O) groups is 2. The highest BCUT2D eigenvalue weighted by molar-refractivity contribution is 7.90. The summed E-state index contributed by atoms with van der Waals surface area (Å²) in [5.41, 5.74) is -1.34. The normalized spacial score (nSPS) is 15.6. The molecule has 2 aromatic carbocycles. The van der Waals surface area contributed by atoms with Gasteiger partial charge in [0, 0.05) is 11.1 Å². The number of ether oxygens (including phenoxy) is 1. The van der Waals surface area contributed by atoms with Gasteiger partial charge in [-0.25, -0.2) is 21.9 Å². The number of hydrogen-bond donors (Lipinski definition) is 2. The van der Waals surface area contributed by atoms with Gasteiger partial charge in [0.1, 0.15) is 23.1 Å². The fourth-order valence-corrected chi connectivity index (χ4v) is 3.74. The maximum atomic E-state index is 14.7. The lowest BCUT2D eigenvalue weighted by Crippen LogP contribution is -2.36. The molecule has 0 bridgehead atoms. The molecular formula is C21H18F4N2O5S. The molecular weight excluding hydrogens is 468 g/mol. The predicted molar refractivity (Wildman–Crippen MR) is 111 cm³/mol. The van der Waals surface area contributed by atoms with Crippen molar-refractivity contribution >= 4 is 27.5 Å². The number of alkyl halides is 2. The summed E-state index contributed by atoms with van der Waals surface area (Å²) in [4.78, 5) is 24.7. The molecule has 0 fully saturated rings. The minimum Gasteiger partial charge on any atom is -0.497 e. The van der Waals surface area contributed by atoms with E-state index in [1.54, 1.807) is 0 Å². The van der Waals surface area contributed by atoms with Crippen LogP contribution >= 0.6 is 0 Å². The summed E-state index contributed by atoms with van der Waals surface area (Å²) in [5, 5.41) is 1.99. The van der Waals surface area contributed by atoms with E-state index in [2.05, 4.69) is 0 Å². The molecule has 0 saturated carbocycles. The fourth-order valence-electron chi connectivity index (χ4n) is 3.27. The fraction of sp³-hybridized carbons (Fsp3) is 0.238. The summed E-state index contributed by atoms with van der Waals surface area (Å²) < 4.78 is 104. The van der Waals surface area contributed by atoms with Crippen molar-refractivity contribution in [2.24, 2.45) is 0 Å². The van der Waals surface area contributed by atoms with Gasteiger partial charge in [-0.05, 0) is 54.7 Å². The van der Waals surface area contributed by atoms with Gasteiger partial charge in [0.05, 0.1) is 11.2 Å². The molecule has 0 unspecified atom stereocenters. The number of amides is 2. The smallest absolute Gasteiger partial charge is 0.355 e. The molecule has 0 heterocycles. The number of methoxy groups -OCH3 is 1. The number of nitrogens with one attached hydrogen (secondary N) is 2. The van der Waals surface area contributed by atoms with Gasteiger partial charge in [0.2, 0.25) is 0 Å². The molecule has 2 aromatic rings. The molecule has 7 nitrogen and oxygen atoms in total. The number of halogens is 4. The van der Waals surface area contributed by atoms with Crippen LogP contribution in [-0.4, -0.2) is 33.0 Å². The Bertz CT molecular complexity index is 1320. The second-order valence-electron chi connectivity index (χ2n) is 6.95. The predicted octanol–water partition coefficient (Wildman–Crippen LogP) is 3.73. The van der Waals surface area contributed by atoms with Crippen LogP contribution < -0.4 is 14.8 Å². The molecule has 0 saturated heterocycles. The van der Waals surface area contributed by atoms with Crippen LogP contribution in [0.2, 0.25) is 0 Å². The van der Waals surface area contributed by atoms with Crippen LogP contribution in [-0.2, 0) is 19.6 Å². The average molecular weight is 489 g/mol. The third kappa shape index (κ3) is 5.33. The molecule has 0 aromatic heterocycles. The number of carbonyl (C=O) groups excluding carboxylic acids is 2. The third-order valence-corrected chi connectivity index (χ3v) is 5.74. The zero-order valence-corrected chi connectivity index (χ0v) is 17.4. The van der Waals surface area contributed by atoms with E-state index in [0.29, 0.717) is 0 Å². The monoisotopic (exact) mass is 489 g/mol. The van der Waals surface area contributed by atoms with Gasteiger partial charge in [-0.3, -0.25) is 9.59 Å². The summed E-state index contributed by atoms with van der Waals surface area (Å²) >= 11 is 0. The van der Waals surface area contributed by atoms with E-state index >= 15 is 0 Å². The van der Waals surface area contributed by atoms with Gasteiger partial charge >= 0.3 is 5.76 Å². The van der Waals surface area contributed by atoms with E-state index in [1.807, 2.05) is 5.32 Å². The van der Waals surface area contributed by atoms with Crippen LogP contribution in [0.4, 0.5) is 23.2 Å². The number of sulfonamides is 1. The van der Waals surface area contributed by atoms with Crippen molar-refractivity contribution in [3.05, 3.63) is 59.2 Å². The standard InChI is InChI=1S/C21H18F4N2O5S/c1-32-13-5-2-4-11(8-13)12-9-16(22)18(17(23)10-12)26-19(28)14-6-3-7-15(14)20(29)27-33(30,31)21(24)25/h2,4-5,8-10,21H,3,6-7H2,1H3,(H,26,28)(H,27,29)/i1D3. The summed E-state index contributed by atoms with van der Waals surface area (Å²) in [6.07, 6.45) is 0.0472. The molecule has 1 aliphatic carbocycles. The first kappa shape index (κ1) is 20.2. The molecule has 0 radical (unpaired) electrons. The molecule has 1 aliphatic rings. The molecule has 2 amide bonds. The van der Waals surface area contributed by atoms with Gasteiger partial charge in [-0.2, -0.15) is 8.78 Å². The zero-order chi connectivity index (χ0) is 26.8. The first-order chi connectivity index (χ1) is 16.7. The summed E-state index contributed by atoms with van der Waals surface area (Å²) in [7, 11) is -8.00. The Morgan fingerprint density at radius 3 is 2.27 bits per heavy atom. The van der Waals surface area contributed by atoms with E-state index in [1.165, 1.54) is 29.0 Å². The van der Waals surface area contributed by atoms with Crippen LogP contribution in [0, 0.1) is 11.6 Å². The second-order valence-corrected chi connectivity index (χ2v) is 8.60. The minimum absolute atomic E-state index is 0.00338. The van der Waals surface area contributed by atoms with E-state index in [-0.39, 0.29) is 47.3 Å². The summed E-state index contributed by atoms with van der Waals surface area (Å²) in [6, 6.07) is 7.20. The van der Waals surface area contributed by atoms with Crippen LogP contribution in [0.3, 0.4) is 0 Å². The van der Waals surface area contributed by atoms with Crippen LogP contribution in [0.25, 0.3) is 11.1 Å². The van der Waals surface area contributed by atoms with Crippen molar-refractivity contribution < 1.29 is 44.4 Å². The van der Waals surface area contributed by atoms with E-state index < -0.39 is 52.0 Å². The molecule has 0 atom stereocenters. The van der Waals surface area contributed by atoms with Gasteiger partial charge < -0.3 is 10.1 Å². The SMILES string of the molecule is [2H]C([2H])([2H])Oc1cccc(-c2cc(F)c(NC(=O)C3=C(C(=O)NS(=O)(=O)C(F)F)CCC3)c(F)c2)c1. The van der Waals surface area contributed by atoms with Gasteiger partial charge in [0.25, 0.3) is 21.8 Å². The van der Waals surface area contributed by atoms with E-state index in [0.717, 1.165) is 12.1 Å². The third-order valence-electron chi connectivity index (χ3n) is 4.80. The molecule has 2 N–H and O–H groups in total. The Balaban J connectivity index is 1.85. The van der Waals surface area contributed by atoms with Gasteiger partial charge in [-0.1, -0.05) is 12.1 Å². The first-order valence-corrected chi connectivity index (χ1v) is 10.9. The first-order valence-electron chi connectivity index (χ1n) is 10.8. The van der Waals surface area contributed by atoms with Crippen LogP contribution in [0.15, 0.2) is 47.5 Å². The highest BCUT2D eigenvalue weighted by Crippen LogP contribution is 2.32. The maximum Gasteiger partial charge on any atom is 0.355 e. The maximum absolute atomic E-state index is 14.7. The largest absolute Gasteiger partial charge is 0.497 e. The number of benzene rings is 2. The lowest BCUT2D eigenvalue weighted by molar-refractivity contribution is -0.117. The minimum atomic E-state index is -5.26. The quantitative estimate of drug-likeness (QED) is 0.578. The summed E-state index contributed by atoms with van der Waals surface area (Å²) in [5.74, 6) is -8.88. The van der Waals surface area contributed by atoms with Crippen molar-refractivity contribution in [2.75, 3.05) is 12.4 Å². The molecule has 0 spiro atoms. The van der Waals surface area contributed by atoms with Crippen molar-refractivity contribution in [3.63, 3.8) is 0 Å². The molecule has 0 aliphatic heterocycles. The van der Waals surface area contributed by atoms with Crippen molar-refractivity contribution in [1.82, 2.24) is 4.72 Å². The highest BCUT2D eigenvalue weighted by Gasteiger charge is 2.32. The second kappa shape index (κ2) is 9.61. The molecule has 33 heavy (non-hydrogen) atoms. The van der Waals surface area contributed by atoms with Crippen molar-refractivity contribution in [2.45, 2.75) is 25.0 Å². The lowest BCUT2D eigenvalue weighted by atomic mass is 10.0. The molecule has 176 valence electrons. The van der Waals surface area contributed by atoms with Crippen molar-refractivity contribution in [1.29, 1.82) is 0 Å². The Morgan fingerprint density at radius 2 is 1.67 bits per heavy atom. The Hall–Kier alpha value is -3.41. The van der Waals surface area contributed by atoms with Gasteiger partial charge in [0.15, 0.2) is 0 Å². The van der Waals surface area contributed by atoms with Gasteiger partial charge in [-0.15, -0.1) is 0 Å². The van der Waals surface area contributed by atoms with Crippen molar-refractivity contribution in [3.8, 4) is 16.9 Å². The average Bonchev–Trinajstić information content (AvgIpc) is 3.25. The number of rotatable bonds is 7. The Kier molecular flexibility index (Phi) is 5.89. The topological polar surface area (TPSA) is 102 Å². The Labute approximate surface area is 190 Å². The molecule has 12 heteroatoms. The van der Waals surface area contributed by atoms with E-state index in [9.17, 15) is 35.6 Å². The van der Waals surface area contributed by atoms with E-state index in [4.69, 9.17) is 8.85 Å². The Morgan fingerprint density at radius 1 is 1.03 bits per heavy atom. The number of hydrogen-bond acceptors (Lipinski definition) is 5. The van der Waals surface area contributed by atoms with Crippen LogP contribution in [0.1, 0.15) is 23.4 Å². The zero-order valence-electron chi connectivity index (χ0n) is 19.6. The number of anilines is 1. The summed E-state index contributed by atoms with van der Waals surface area (Å²) in [6.45, 7) is 0. The lowest BCUT2D eigenvalue weighted by Gasteiger charge is -2.12.